The van der Waals surface area contributed by atoms with Crippen molar-refractivity contribution in [2.45, 2.75) is 35.7 Å². The second-order valence-corrected chi connectivity index (χ2v) is 9.65. The van der Waals surface area contributed by atoms with E-state index >= 15 is 0 Å². The number of sulfone groups is 1. The maximum atomic E-state index is 13.2. The van der Waals surface area contributed by atoms with Gasteiger partial charge in [0.15, 0.2) is 9.84 Å². The van der Waals surface area contributed by atoms with Gasteiger partial charge in [-0.2, -0.15) is 0 Å². The molecule has 2 aromatic rings. The molecule has 3 rings (SSSR count). The minimum absolute atomic E-state index is 0.0943. The predicted octanol–water partition coefficient (Wildman–Crippen LogP) is 0.982. The number of likely N-dealkylation sites (tertiary alicyclic amines) is 1. The number of carboxylic acids is 1. The van der Waals surface area contributed by atoms with E-state index in [9.17, 15) is 37.4 Å². The Bertz CT molecular complexity index is 1220. The van der Waals surface area contributed by atoms with Crippen LogP contribution in [-0.2, 0) is 26.0 Å². The number of hydrogen-bond donors (Lipinski definition) is 3. The Labute approximate surface area is 188 Å². The van der Waals surface area contributed by atoms with Gasteiger partial charge in [-0.3, -0.25) is 9.69 Å². The first-order valence-corrected chi connectivity index (χ1v) is 11.2. The number of ether oxygens (including phenoxy) is 1. The van der Waals surface area contributed by atoms with Gasteiger partial charge >= 0.3 is 12.0 Å². The summed E-state index contributed by atoms with van der Waals surface area (Å²) >= 11 is 0. The highest BCUT2D eigenvalue weighted by Gasteiger charge is 2.61. The minimum atomic E-state index is -4.52. The number of nitrogens with zero attached hydrogens (tertiary/aromatic N) is 1. The number of benzene rings is 2. The van der Waals surface area contributed by atoms with Crippen molar-refractivity contribution in [3.05, 3.63) is 59.4 Å². The van der Waals surface area contributed by atoms with Crippen LogP contribution in [0.1, 0.15) is 17.5 Å². The molecule has 0 aliphatic carbocycles. The third-order valence-electron chi connectivity index (χ3n) is 5.47. The fraction of sp³-hybridized carbons (Fsp3) is 0.286. The number of imide groups is 1. The number of halogens is 1. The van der Waals surface area contributed by atoms with Crippen molar-refractivity contribution in [3.63, 3.8) is 0 Å². The van der Waals surface area contributed by atoms with Crippen molar-refractivity contribution in [1.82, 2.24) is 4.90 Å². The molecule has 1 aliphatic heterocycles. The Hall–Kier alpha value is -3.51. The maximum absolute atomic E-state index is 13.2. The normalized spacial score (nSPS) is 21.0. The van der Waals surface area contributed by atoms with Gasteiger partial charge in [-0.1, -0.05) is 6.07 Å². The molecule has 0 saturated carbocycles. The van der Waals surface area contributed by atoms with E-state index in [-0.39, 0.29) is 23.1 Å². The lowest BCUT2D eigenvalue weighted by atomic mass is 9.91. The van der Waals surface area contributed by atoms with Crippen LogP contribution in [0.5, 0.6) is 5.75 Å². The van der Waals surface area contributed by atoms with Gasteiger partial charge in [0.2, 0.25) is 0 Å². The summed E-state index contributed by atoms with van der Waals surface area (Å²) in [6.07, 6.45) is -0.526. The molecule has 1 saturated heterocycles. The number of amides is 3. The van der Waals surface area contributed by atoms with Crippen LogP contribution in [0.4, 0.5) is 9.18 Å². The Morgan fingerprint density at radius 2 is 1.88 bits per heavy atom. The zero-order valence-electron chi connectivity index (χ0n) is 17.4. The highest BCUT2D eigenvalue weighted by Crippen LogP contribution is 2.33. The average Bonchev–Trinajstić information content (AvgIpc) is 2.74. The summed E-state index contributed by atoms with van der Waals surface area (Å²) in [6, 6.07) is 7.85. The molecule has 10 nitrogen and oxygen atoms in total. The summed E-state index contributed by atoms with van der Waals surface area (Å²) in [5.74, 6) is -3.82. The third-order valence-corrected chi connectivity index (χ3v) is 7.73. The molecule has 176 valence electrons. The first-order valence-electron chi connectivity index (χ1n) is 9.68. The number of nitrogens with two attached hydrogens (primary N) is 1. The number of primary amides is 1. The first-order chi connectivity index (χ1) is 15.4. The summed E-state index contributed by atoms with van der Waals surface area (Å²) in [5, 5.41) is 18.0. The molecule has 0 radical (unpaired) electrons. The third kappa shape index (κ3) is 4.39. The van der Waals surface area contributed by atoms with Crippen LogP contribution in [-0.4, -0.2) is 58.8 Å². The zero-order valence-corrected chi connectivity index (χ0v) is 18.2. The van der Waals surface area contributed by atoms with Gasteiger partial charge in [0, 0.05) is 6.54 Å². The topological polar surface area (TPSA) is 164 Å². The van der Waals surface area contributed by atoms with E-state index in [1.165, 1.54) is 24.3 Å². The first kappa shape index (κ1) is 24.1. The standard InChI is InChI=1S/C21H21FN2O8S/c1-12-10-14(22)3-2-13(12)11-32-15-4-6-16(7-5-15)33(30,31)17-8-9-24(20(23)28)18(25)21(17,29)19(26)27/h2-7,10,17,29H,8-9,11H2,1H3,(H2,23,28)(H,26,27). The summed E-state index contributed by atoms with van der Waals surface area (Å²) in [4.78, 5) is 35.5. The molecule has 2 unspecified atom stereocenters. The van der Waals surface area contributed by atoms with Crippen molar-refractivity contribution in [3.8, 4) is 5.75 Å². The molecule has 1 aliphatic rings. The fourth-order valence-corrected chi connectivity index (χ4v) is 5.50. The SMILES string of the molecule is Cc1cc(F)ccc1COc1ccc(S(=O)(=O)C2CCN(C(N)=O)C(=O)C2(O)C(=O)O)cc1. The van der Waals surface area contributed by atoms with Crippen LogP contribution in [0.25, 0.3) is 0 Å². The molecule has 2 atom stereocenters. The molecule has 3 amide bonds. The van der Waals surface area contributed by atoms with Crippen LogP contribution in [0.15, 0.2) is 47.4 Å². The number of piperidine rings is 1. The number of aliphatic hydroxyl groups is 1. The number of carbonyl (C=O) groups excluding carboxylic acids is 2. The van der Waals surface area contributed by atoms with Gasteiger partial charge in [-0.25, -0.2) is 22.4 Å². The number of carboxylic acid groups (broad SMARTS) is 1. The number of carbonyl (C=O) groups is 3. The van der Waals surface area contributed by atoms with Crippen LogP contribution < -0.4 is 10.5 Å². The van der Waals surface area contributed by atoms with E-state index < -0.39 is 51.6 Å². The summed E-state index contributed by atoms with van der Waals surface area (Å²) in [7, 11) is -4.52. The van der Waals surface area contributed by atoms with E-state index in [1.807, 2.05) is 0 Å². The Balaban J connectivity index is 1.84. The molecule has 4 N–H and O–H groups in total. The number of hydrogen-bond acceptors (Lipinski definition) is 7. The van der Waals surface area contributed by atoms with Crippen LogP contribution >= 0.6 is 0 Å². The van der Waals surface area contributed by atoms with Gasteiger partial charge < -0.3 is 20.7 Å². The van der Waals surface area contributed by atoms with Gasteiger partial charge in [0.1, 0.15) is 23.4 Å². The van der Waals surface area contributed by atoms with E-state index in [2.05, 4.69) is 0 Å². The smallest absolute Gasteiger partial charge is 0.347 e. The van der Waals surface area contributed by atoms with Crippen molar-refractivity contribution in [2.24, 2.45) is 5.73 Å². The zero-order chi connectivity index (χ0) is 24.6. The molecular formula is C21H21FN2O8S. The van der Waals surface area contributed by atoms with Crippen LogP contribution in [0.3, 0.4) is 0 Å². The molecule has 1 heterocycles. The molecule has 2 aromatic carbocycles. The number of rotatable bonds is 6. The second kappa shape index (κ2) is 8.79. The lowest BCUT2D eigenvalue weighted by molar-refractivity contribution is -0.173. The number of aryl methyl sites for hydroxylation is 1. The lowest BCUT2D eigenvalue weighted by Gasteiger charge is -2.38. The Morgan fingerprint density at radius 1 is 1.24 bits per heavy atom. The van der Waals surface area contributed by atoms with E-state index in [4.69, 9.17) is 10.5 Å². The molecule has 1 fully saturated rings. The highest BCUT2D eigenvalue weighted by atomic mass is 32.2. The molecule has 0 bridgehead atoms. The van der Waals surface area contributed by atoms with Gasteiger partial charge in [-0.15, -0.1) is 0 Å². The quantitative estimate of drug-likeness (QED) is 0.515. The van der Waals surface area contributed by atoms with Crippen molar-refractivity contribution >= 4 is 27.7 Å². The molecule has 0 spiro atoms. The lowest BCUT2D eigenvalue weighted by Crippen LogP contribution is -2.68. The monoisotopic (exact) mass is 480 g/mol. The van der Waals surface area contributed by atoms with Gasteiger partial charge in [0.05, 0.1) is 4.90 Å². The Kier molecular flexibility index (Phi) is 6.43. The summed E-state index contributed by atoms with van der Waals surface area (Å²) in [5.41, 5.74) is 3.04. The largest absolute Gasteiger partial charge is 0.489 e. The van der Waals surface area contributed by atoms with Crippen molar-refractivity contribution in [1.29, 1.82) is 0 Å². The van der Waals surface area contributed by atoms with Gasteiger partial charge in [0.25, 0.3) is 11.5 Å². The maximum Gasteiger partial charge on any atom is 0.347 e. The molecule has 12 heteroatoms. The predicted molar refractivity (Wildman–Crippen MR) is 111 cm³/mol. The highest BCUT2D eigenvalue weighted by molar-refractivity contribution is 7.92. The average molecular weight is 480 g/mol. The van der Waals surface area contributed by atoms with E-state index in [1.54, 1.807) is 13.0 Å². The minimum Gasteiger partial charge on any atom is -0.489 e. The van der Waals surface area contributed by atoms with Crippen LogP contribution in [0.2, 0.25) is 0 Å². The van der Waals surface area contributed by atoms with Crippen molar-refractivity contribution < 1.29 is 42.1 Å². The second-order valence-electron chi connectivity index (χ2n) is 7.52. The van der Waals surface area contributed by atoms with E-state index in [0.717, 1.165) is 17.7 Å². The summed E-state index contributed by atoms with van der Waals surface area (Å²) < 4.78 is 45.0. The molecule has 33 heavy (non-hydrogen) atoms. The van der Waals surface area contributed by atoms with Gasteiger partial charge in [-0.05, 0) is 60.9 Å². The summed E-state index contributed by atoms with van der Waals surface area (Å²) in [6.45, 7) is 1.34. The Morgan fingerprint density at radius 3 is 2.42 bits per heavy atom. The molecular weight excluding hydrogens is 459 g/mol. The number of aliphatic carboxylic acids is 1. The van der Waals surface area contributed by atoms with Crippen LogP contribution in [0, 0.1) is 12.7 Å². The van der Waals surface area contributed by atoms with E-state index in [0.29, 0.717) is 10.5 Å². The molecule has 0 aromatic heterocycles. The fourth-order valence-electron chi connectivity index (χ4n) is 3.59. The number of urea groups is 1. The van der Waals surface area contributed by atoms with Crippen molar-refractivity contribution in [2.75, 3.05) is 6.54 Å².